The number of urea groups is 1. The van der Waals surface area contributed by atoms with E-state index in [0.29, 0.717) is 10.5 Å². The maximum Gasteiger partial charge on any atom is 0.547 e. The van der Waals surface area contributed by atoms with Crippen molar-refractivity contribution < 1.29 is 52.6 Å². The lowest BCUT2D eigenvalue weighted by Crippen LogP contribution is -2.60. The number of carbonyl (C=O) groups is 5. The van der Waals surface area contributed by atoms with Gasteiger partial charge >= 0.3 is 30.9 Å². The van der Waals surface area contributed by atoms with Crippen LogP contribution in [0.5, 0.6) is 11.5 Å². The Bertz CT molecular complexity index is 1430. The standard InChI is InChI=1S/C24H24BF2N5O9/c26-16-12(4-5-14(33)17(16)27)18(30-24(39)32-9-8-31(7-6-28)21(35)22(32)36)20(34)29-15-10-11-2-1-3-13(23(37)38)19(11)41-25(15)40/h1-5,15,18,33,40H,6-10,28H2,(H,29,34)(H,30,39)(H,37,38). The van der Waals surface area contributed by atoms with Gasteiger partial charge in [-0.05, 0) is 30.2 Å². The zero-order chi connectivity index (χ0) is 30.0. The summed E-state index contributed by atoms with van der Waals surface area (Å²) in [5, 5.41) is 33.8. The monoisotopic (exact) mass is 575 g/mol. The van der Waals surface area contributed by atoms with E-state index < -0.39 is 71.8 Å². The van der Waals surface area contributed by atoms with Crippen LogP contribution in [0.15, 0.2) is 30.3 Å². The number of carboxylic acid groups (broad SMARTS) is 1. The highest BCUT2D eigenvalue weighted by Gasteiger charge is 2.41. The molecule has 5 amide bonds. The Morgan fingerprint density at radius 2 is 1.85 bits per heavy atom. The summed E-state index contributed by atoms with van der Waals surface area (Å²) in [6.45, 7) is -0.212. The summed E-state index contributed by atoms with van der Waals surface area (Å²) in [6, 6.07) is 2.43. The van der Waals surface area contributed by atoms with Gasteiger partial charge < -0.3 is 41.2 Å². The molecule has 2 aromatic rings. The molecule has 41 heavy (non-hydrogen) atoms. The van der Waals surface area contributed by atoms with Crippen LogP contribution in [-0.4, -0.2) is 94.0 Å². The highest BCUT2D eigenvalue weighted by atomic mass is 19.2. The Balaban J connectivity index is 1.60. The van der Waals surface area contributed by atoms with Gasteiger partial charge in [0, 0.05) is 31.7 Å². The zero-order valence-corrected chi connectivity index (χ0v) is 21.2. The van der Waals surface area contributed by atoms with Crippen molar-refractivity contribution in [1.29, 1.82) is 0 Å². The maximum atomic E-state index is 14.9. The number of para-hydroxylation sites is 1. The Morgan fingerprint density at radius 1 is 1.12 bits per heavy atom. The number of hydrogen-bond acceptors (Lipinski definition) is 9. The molecule has 7 N–H and O–H groups in total. The molecule has 1 saturated heterocycles. The molecule has 2 aromatic carbocycles. The third-order valence-electron chi connectivity index (χ3n) is 6.56. The number of phenolic OH excluding ortho intramolecular Hbond substituents is 1. The summed E-state index contributed by atoms with van der Waals surface area (Å²) in [7, 11) is -1.78. The molecule has 14 nitrogen and oxygen atoms in total. The topological polar surface area (TPSA) is 212 Å². The molecule has 0 aromatic heterocycles. The summed E-state index contributed by atoms with van der Waals surface area (Å²) in [5.74, 6) is -10.6. The minimum atomic E-state index is -2.03. The quantitative estimate of drug-likeness (QED) is 0.173. The number of nitrogens with zero attached hydrogens (tertiary/aromatic N) is 2. The molecule has 0 aliphatic carbocycles. The van der Waals surface area contributed by atoms with E-state index in [0.717, 1.165) is 17.0 Å². The highest BCUT2D eigenvalue weighted by Crippen LogP contribution is 2.31. The first-order valence-corrected chi connectivity index (χ1v) is 12.2. The lowest BCUT2D eigenvalue weighted by molar-refractivity contribution is -0.153. The van der Waals surface area contributed by atoms with Crippen molar-refractivity contribution in [1.82, 2.24) is 20.4 Å². The van der Waals surface area contributed by atoms with Crippen LogP contribution in [0.1, 0.15) is 27.5 Å². The molecule has 216 valence electrons. The number of imide groups is 1. The van der Waals surface area contributed by atoms with Crippen LogP contribution in [0.2, 0.25) is 0 Å². The minimum absolute atomic E-state index is 0.0579. The number of piperazine rings is 1. The molecule has 2 aliphatic rings. The normalized spacial score (nSPS) is 17.5. The van der Waals surface area contributed by atoms with Gasteiger partial charge in [-0.3, -0.25) is 19.3 Å². The van der Waals surface area contributed by atoms with Gasteiger partial charge in [0.25, 0.3) is 0 Å². The number of amides is 5. The van der Waals surface area contributed by atoms with Crippen molar-refractivity contribution in [3.05, 3.63) is 58.7 Å². The number of aromatic carboxylic acids is 1. The van der Waals surface area contributed by atoms with Crippen molar-refractivity contribution in [2.24, 2.45) is 5.73 Å². The molecule has 2 unspecified atom stereocenters. The van der Waals surface area contributed by atoms with Crippen molar-refractivity contribution in [2.75, 3.05) is 26.2 Å². The number of carboxylic acids is 1. The van der Waals surface area contributed by atoms with Gasteiger partial charge in [-0.1, -0.05) is 12.1 Å². The fourth-order valence-corrected chi connectivity index (χ4v) is 4.48. The van der Waals surface area contributed by atoms with Crippen LogP contribution in [0.3, 0.4) is 0 Å². The maximum absolute atomic E-state index is 14.9. The number of hydrogen-bond donors (Lipinski definition) is 6. The van der Waals surface area contributed by atoms with Gasteiger partial charge in [0.15, 0.2) is 11.6 Å². The molecule has 17 heteroatoms. The van der Waals surface area contributed by atoms with Crippen LogP contribution in [-0.2, 0) is 20.8 Å². The summed E-state index contributed by atoms with van der Waals surface area (Å²) >= 11 is 0. The van der Waals surface area contributed by atoms with E-state index in [1.807, 2.05) is 0 Å². The first-order valence-electron chi connectivity index (χ1n) is 12.2. The Hall–Kier alpha value is -4.77. The SMILES string of the molecule is NCCN1CCN(C(=O)NC(C(=O)NC2Cc3cccc(C(=O)O)c3OB2O)c2ccc(O)c(F)c2F)C(=O)C1=O. The predicted molar refractivity (Wildman–Crippen MR) is 134 cm³/mol. The predicted octanol–water partition coefficient (Wildman–Crippen LogP) is -1.11. The molecule has 1 fully saturated rings. The molecule has 0 saturated carbocycles. The molecule has 2 heterocycles. The van der Waals surface area contributed by atoms with E-state index in [2.05, 4.69) is 10.6 Å². The number of carbonyl (C=O) groups excluding carboxylic acids is 4. The van der Waals surface area contributed by atoms with Gasteiger partial charge in [-0.15, -0.1) is 0 Å². The van der Waals surface area contributed by atoms with E-state index in [1.165, 1.54) is 18.2 Å². The summed E-state index contributed by atoms with van der Waals surface area (Å²) < 4.78 is 34.4. The molecule has 2 atom stereocenters. The number of rotatable bonds is 7. The second kappa shape index (κ2) is 11.8. The average molecular weight is 575 g/mol. The van der Waals surface area contributed by atoms with Crippen LogP contribution < -0.4 is 21.0 Å². The van der Waals surface area contributed by atoms with Crippen LogP contribution >= 0.6 is 0 Å². The molecule has 0 radical (unpaired) electrons. The molecule has 4 rings (SSSR count). The highest BCUT2D eigenvalue weighted by molar-refractivity contribution is 6.47. The second-order valence-electron chi connectivity index (χ2n) is 9.15. The number of nitrogens with one attached hydrogen (secondary N) is 2. The van der Waals surface area contributed by atoms with Crippen LogP contribution in [0, 0.1) is 11.6 Å². The van der Waals surface area contributed by atoms with Gasteiger partial charge in [0.05, 0.1) is 11.5 Å². The number of benzene rings is 2. The minimum Gasteiger partial charge on any atom is -0.534 e. The number of nitrogens with two attached hydrogens (primary N) is 1. The van der Waals surface area contributed by atoms with E-state index in [4.69, 9.17) is 10.4 Å². The van der Waals surface area contributed by atoms with E-state index in [-0.39, 0.29) is 43.9 Å². The van der Waals surface area contributed by atoms with Crippen molar-refractivity contribution in [3.63, 3.8) is 0 Å². The van der Waals surface area contributed by atoms with Crippen molar-refractivity contribution in [3.8, 4) is 11.5 Å². The first kappa shape index (κ1) is 29.2. The number of fused-ring (bicyclic) bond motifs is 1. The van der Waals surface area contributed by atoms with E-state index >= 15 is 0 Å². The summed E-state index contributed by atoms with van der Waals surface area (Å²) in [4.78, 5) is 64.3. The number of halogens is 2. The van der Waals surface area contributed by atoms with Gasteiger partial charge in [0.1, 0.15) is 11.8 Å². The summed E-state index contributed by atoms with van der Waals surface area (Å²) in [6.07, 6.45) is -0.146. The van der Waals surface area contributed by atoms with Crippen LogP contribution in [0.4, 0.5) is 13.6 Å². The van der Waals surface area contributed by atoms with Gasteiger partial charge in [-0.25, -0.2) is 14.0 Å². The number of phenols is 1. The zero-order valence-electron chi connectivity index (χ0n) is 21.2. The average Bonchev–Trinajstić information content (AvgIpc) is 2.93. The van der Waals surface area contributed by atoms with Crippen molar-refractivity contribution >= 4 is 36.8 Å². The molecule has 0 spiro atoms. The molecule has 0 bridgehead atoms. The van der Waals surface area contributed by atoms with Crippen molar-refractivity contribution in [2.45, 2.75) is 18.4 Å². The smallest absolute Gasteiger partial charge is 0.534 e. The van der Waals surface area contributed by atoms with Gasteiger partial charge in [-0.2, -0.15) is 4.39 Å². The lowest BCUT2D eigenvalue weighted by atomic mass is 9.72. The second-order valence-corrected chi connectivity index (χ2v) is 9.15. The van der Waals surface area contributed by atoms with E-state index in [1.54, 1.807) is 0 Å². The Kier molecular flexibility index (Phi) is 8.39. The lowest BCUT2D eigenvalue weighted by Gasteiger charge is -2.33. The fourth-order valence-electron chi connectivity index (χ4n) is 4.48. The third kappa shape index (κ3) is 5.76. The molecule has 2 aliphatic heterocycles. The Labute approximate surface area is 230 Å². The summed E-state index contributed by atoms with van der Waals surface area (Å²) in [5.41, 5.74) is 4.75. The van der Waals surface area contributed by atoms with Gasteiger partial charge in [0.2, 0.25) is 11.7 Å². The van der Waals surface area contributed by atoms with Crippen LogP contribution in [0.25, 0.3) is 0 Å². The third-order valence-corrected chi connectivity index (χ3v) is 6.56. The largest absolute Gasteiger partial charge is 0.547 e. The number of aromatic hydroxyl groups is 1. The molecular weight excluding hydrogens is 551 g/mol. The fraction of sp³-hybridized carbons (Fsp3) is 0.292. The Morgan fingerprint density at radius 3 is 2.54 bits per heavy atom. The first-order chi connectivity index (χ1) is 19.4. The molecular formula is C24H24BF2N5O9. The van der Waals surface area contributed by atoms with E-state index in [9.17, 15) is 48.0 Å².